The molecule has 3 aromatic heterocycles. The van der Waals surface area contributed by atoms with Gasteiger partial charge in [0.25, 0.3) is 0 Å². The van der Waals surface area contributed by atoms with Crippen molar-refractivity contribution < 1.29 is 0 Å². The fourth-order valence-corrected chi connectivity index (χ4v) is 6.38. The Morgan fingerprint density at radius 1 is 0.875 bits per heavy atom. The molecule has 0 amide bonds. The molecule has 2 aromatic carbocycles. The summed E-state index contributed by atoms with van der Waals surface area (Å²) in [5, 5.41) is 15.5. The van der Waals surface area contributed by atoms with Gasteiger partial charge in [0.2, 0.25) is 0 Å². The molecular formula is C25H22N4S3. The van der Waals surface area contributed by atoms with E-state index >= 15 is 0 Å². The molecule has 160 valence electrons. The van der Waals surface area contributed by atoms with Crippen LogP contribution in [0, 0.1) is 6.92 Å². The first-order valence-electron chi connectivity index (χ1n) is 10.4. The van der Waals surface area contributed by atoms with Crippen LogP contribution >= 0.6 is 34.4 Å². The fourth-order valence-electron chi connectivity index (χ4n) is 3.69. The summed E-state index contributed by atoms with van der Waals surface area (Å²) < 4.78 is 2.21. The minimum absolute atomic E-state index is 0.773. The third kappa shape index (κ3) is 4.16. The van der Waals surface area contributed by atoms with E-state index in [1.807, 2.05) is 18.2 Å². The standard InChI is InChI=1S/C25H22N4S3/c1-3-29-23(21-16-30-17(2)22(21)18-10-6-4-7-11-18)27-28-25(29)32-15-20-14-31-24(26-20)19-12-8-5-9-13-19/h4-14,16H,3,15H2,1-2H3. The second-order valence-corrected chi connectivity index (χ2v) is 10.2. The molecule has 0 radical (unpaired) electrons. The van der Waals surface area contributed by atoms with E-state index in [4.69, 9.17) is 4.98 Å². The SMILES string of the molecule is CCn1c(SCc2csc(-c3ccccc3)n2)nnc1-c1csc(C)c1-c1ccccc1. The summed E-state index contributed by atoms with van der Waals surface area (Å²) in [7, 11) is 0. The molecule has 0 saturated heterocycles. The average molecular weight is 475 g/mol. The van der Waals surface area contributed by atoms with E-state index in [2.05, 4.69) is 81.8 Å². The third-order valence-corrected chi connectivity index (χ3v) is 8.08. The summed E-state index contributed by atoms with van der Waals surface area (Å²) >= 11 is 5.14. The number of rotatable bonds is 7. The molecule has 0 aliphatic carbocycles. The molecule has 0 aliphatic heterocycles. The van der Waals surface area contributed by atoms with Gasteiger partial charge < -0.3 is 4.57 Å². The van der Waals surface area contributed by atoms with E-state index in [1.165, 1.54) is 16.0 Å². The van der Waals surface area contributed by atoms with E-state index in [-0.39, 0.29) is 0 Å². The van der Waals surface area contributed by atoms with Crippen molar-refractivity contribution in [3.63, 3.8) is 0 Å². The summed E-state index contributed by atoms with van der Waals surface area (Å²) in [6.07, 6.45) is 0. The molecule has 0 spiro atoms. The predicted octanol–water partition coefficient (Wildman–Crippen LogP) is 7.42. The van der Waals surface area contributed by atoms with Crippen molar-refractivity contribution in [1.82, 2.24) is 19.7 Å². The third-order valence-electron chi connectivity index (χ3n) is 5.23. The quantitative estimate of drug-likeness (QED) is 0.230. The second-order valence-electron chi connectivity index (χ2n) is 7.30. The molecule has 3 heterocycles. The van der Waals surface area contributed by atoms with E-state index < -0.39 is 0 Å². The summed E-state index contributed by atoms with van der Waals surface area (Å²) in [6.45, 7) is 5.14. The summed E-state index contributed by atoms with van der Waals surface area (Å²) in [6, 6.07) is 20.9. The Kier molecular flexibility index (Phi) is 6.21. The Morgan fingerprint density at radius 2 is 1.59 bits per heavy atom. The van der Waals surface area contributed by atoms with Crippen LogP contribution in [0.4, 0.5) is 0 Å². The first kappa shape index (κ1) is 21.1. The van der Waals surface area contributed by atoms with Crippen molar-refractivity contribution in [1.29, 1.82) is 0 Å². The van der Waals surface area contributed by atoms with Crippen molar-refractivity contribution in [3.8, 4) is 33.1 Å². The lowest BCUT2D eigenvalue weighted by molar-refractivity contribution is 0.687. The molecule has 4 nitrogen and oxygen atoms in total. The molecule has 7 heteroatoms. The number of thiazole rings is 1. The highest BCUT2D eigenvalue weighted by atomic mass is 32.2. The highest BCUT2D eigenvalue weighted by molar-refractivity contribution is 7.98. The predicted molar refractivity (Wildman–Crippen MR) is 136 cm³/mol. The van der Waals surface area contributed by atoms with Crippen molar-refractivity contribution in [3.05, 3.63) is 82.0 Å². The van der Waals surface area contributed by atoms with E-state index in [9.17, 15) is 0 Å². The van der Waals surface area contributed by atoms with Crippen LogP contribution in [-0.2, 0) is 12.3 Å². The van der Waals surface area contributed by atoms with Gasteiger partial charge in [-0.25, -0.2) is 4.98 Å². The van der Waals surface area contributed by atoms with Gasteiger partial charge in [-0.3, -0.25) is 0 Å². The van der Waals surface area contributed by atoms with Crippen molar-refractivity contribution >= 4 is 34.4 Å². The Bertz CT molecular complexity index is 1320. The maximum Gasteiger partial charge on any atom is 0.191 e. The molecule has 0 unspecified atom stereocenters. The molecule has 0 bridgehead atoms. The molecule has 0 N–H and O–H groups in total. The van der Waals surface area contributed by atoms with Gasteiger partial charge in [-0.1, -0.05) is 72.4 Å². The van der Waals surface area contributed by atoms with Crippen LogP contribution in [0.15, 0.2) is 76.6 Å². The molecule has 0 saturated carbocycles. The van der Waals surface area contributed by atoms with Crippen LogP contribution in [0.5, 0.6) is 0 Å². The van der Waals surface area contributed by atoms with Crippen LogP contribution < -0.4 is 0 Å². The molecule has 5 rings (SSSR count). The van der Waals surface area contributed by atoms with Gasteiger partial charge in [0, 0.05) is 44.6 Å². The summed E-state index contributed by atoms with van der Waals surface area (Å²) in [5.41, 5.74) is 5.86. The molecule has 32 heavy (non-hydrogen) atoms. The first-order chi connectivity index (χ1) is 15.7. The van der Waals surface area contributed by atoms with Gasteiger partial charge in [-0.2, -0.15) is 0 Å². The van der Waals surface area contributed by atoms with Crippen molar-refractivity contribution in [2.75, 3.05) is 0 Å². The Labute approximate surface area is 200 Å². The van der Waals surface area contributed by atoms with E-state index in [0.717, 1.165) is 45.1 Å². The van der Waals surface area contributed by atoms with E-state index in [0.29, 0.717) is 0 Å². The topological polar surface area (TPSA) is 43.6 Å². The van der Waals surface area contributed by atoms with Gasteiger partial charge in [0.1, 0.15) is 5.01 Å². The average Bonchev–Trinajstić information content (AvgIpc) is 3.56. The lowest BCUT2D eigenvalue weighted by Crippen LogP contribution is -2.00. The monoisotopic (exact) mass is 474 g/mol. The zero-order valence-corrected chi connectivity index (χ0v) is 20.3. The number of thiophene rings is 1. The van der Waals surface area contributed by atoms with Crippen LogP contribution in [0.1, 0.15) is 17.5 Å². The lowest BCUT2D eigenvalue weighted by Gasteiger charge is -2.09. The zero-order valence-electron chi connectivity index (χ0n) is 17.9. The van der Waals surface area contributed by atoms with Gasteiger partial charge in [-0.05, 0) is 19.4 Å². The number of hydrogen-bond donors (Lipinski definition) is 0. The van der Waals surface area contributed by atoms with Gasteiger partial charge >= 0.3 is 0 Å². The summed E-state index contributed by atoms with van der Waals surface area (Å²) in [5.74, 6) is 1.71. The fraction of sp³-hybridized carbons (Fsp3) is 0.160. The first-order valence-corrected chi connectivity index (χ1v) is 13.2. The van der Waals surface area contributed by atoms with E-state index in [1.54, 1.807) is 34.4 Å². The zero-order chi connectivity index (χ0) is 21.9. The maximum atomic E-state index is 4.82. The van der Waals surface area contributed by atoms with Crippen LogP contribution in [-0.4, -0.2) is 19.7 Å². The largest absolute Gasteiger partial charge is 0.302 e. The number of aromatic nitrogens is 4. The van der Waals surface area contributed by atoms with Gasteiger partial charge in [0.15, 0.2) is 11.0 Å². The van der Waals surface area contributed by atoms with Crippen LogP contribution in [0.25, 0.3) is 33.1 Å². The van der Waals surface area contributed by atoms with Crippen LogP contribution in [0.3, 0.4) is 0 Å². The molecule has 5 aromatic rings. The second kappa shape index (κ2) is 9.40. The van der Waals surface area contributed by atoms with Crippen molar-refractivity contribution in [2.24, 2.45) is 0 Å². The number of thioether (sulfide) groups is 1. The maximum absolute atomic E-state index is 4.82. The molecular weight excluding hydrogens is 453 g/mol. The number of aryl methyl sites for hydroxylation is 1. The number of hydrogen-bond acceptors (Lipinski definition) is 6. The van der Waals surface area contributed by atoms with Crippen molar-refractivity contribution in [2.45, 2.75) is 31.3 Å². The summed E-state index contributed by atoms with van der Waals surface area (Å²) in [4.78, 5) is 6.11. The highest BCUT2D eigenvalue weighted by Crippen LogP contribution is 2.39. The molecule has 0 atom stereocenters. The number of benzene rings is 2. The Morgan fingerprint density at radius 3 is 2.31 bits per heavy atom. The smallest absolute Gasteiger partial charge is 0.191 e. The minimum atomic E-state index is 0.773. The lowest BCUT2D eigenvalue weighted by atomic mass is 10.0. The van der Waals surface area contributed by atoms with Crippen LogP contribution in [0.2, 0.25) is 0 Å². The van der Waals surface area contributed by atoms with Gasteiger partial charge in [0.05, 0.1) is 5.69 Å². The molecule has 0 aliphatic rings. The Balaban J connectivity index is 1.40. The van der Waals surface area contributed by atoms with Gasteiger partial charge in [-0.15, -0.1) is 32.9 Å². The normalized spacial score (nSPS) is 11.2. The number of nitrogens with zero attached hydrogens (tertiary/aromatic N) is 4. The minimum Gasteiger partial charge on any atom is -0.302 e. The highest BCUT2D eigenvalue weighted by Gasteiger charge is 2.20. The Hall–Kier alpha value is -2.74. The molecule has 0 fully saturated rings.